The summed E-state index contributed by atoms with van der Waals surface area (Å²) in [6.07, 6.45) is 5.11. The van der Waals surface area contributed by atoms with Crippen LogP contribution in [0.5, 0.6) is 0 Å². The number of hydrogen-bond acceptors (Lipinski definition) is 3. The van der Waals surface area contributed by atoms with Crippen LogP contribution in [-0.2, 0) is 11.3 Å². The second kappa shape index (κ2) is 2.54. The summed E-state index contributed by atoms with van der Waals surface area (Å²) in [7, 11) is 0. The molecule has 4 nitrogen and oxygen atoms in total. The Morgan fingerprint density at radius 1 is 1.82 bits per heavy atom. The van der Waals surface area contributed by atoms with Gasteiger partial charge in [-0.1, -0.05) is 0 Å². The molecule has 1 fully saturated rings. The lowest BCUT2D eigenvalue weighted by molar-refractivity contribution is 0.385. The number of aryl methyl sites for hydroxylation is 1. The SMILES string of the molecule is Nc1nccn1CCC1CO1. The summed E-state index contributed by atoms with van der Waals surface area (Å²) in [5.41, 5.74) is 5.56. The van der Waals surface area contributed by atoms with Crippen LogP contribution in [0.4, 0.5) is 5.95 Å². The highest BCUT2D eigenvalue weighted by Crippen LogP contribution is 2.14. The van der Waals surface area contributed by atoms with Gasteiger partial charge >= 0.3 is 0 Å². The van der Waals surface area contributed by atoms with Crippen molar-refractivity contribution in [2.75, 3.05) is 12.3 Å². The quantitative estimate of drug-likeness (QED) is 0.633. The molecule has 2 N–H and O–H groups in total. The predicted molar refractivity (Wildman–Crippen MR) is 41.0 cm³/mol. The molecule has 1 aromatic heterocycles. The van der Waals surface area contributed by atoms with Gasteiger partial charge in [0, 0.05) is 18.9 Å². The molecule has 0 spiro atoms. The molecular formula is C7H11N3O. The van der Waals surface area contributed by atoms with Crippen molar-refractivity contribution < 1.29 is 4.74 Å². The van der Waals surface area contributed by atoms with Crippen LogP contribution in [0, 0.1) is 0 Å². The number of epoxide rings is 1. The molecule has 0 aromatic carbocycles. The minimum absolute atomic E-state index is 0.469. The summed E-state index contributed by atoms with van der Waals surface area (Å²) in [4.78, 5) is 3.91. The van der Waals surface area contributed by atoms with Crippen LogP contribution in [-0.4, -0.2) is 22.3 Å². The van der Waals surface area contributed by atoms with E-state index in [9.17, 15) is 0 Å². The largest absolute Gasteiger partial charge is 0.373 e. The average molecular weight is 153 g/mol. The number of nitrogens with zero attached hydrogens (tertiary/aromatic N) is 2. The molecule has 4 heteroatoms. The van der Waals surface area contributed by atoms with Crippen molar-refractivity contribution in [2.24, 2.45) is 0 Å². The molecule has 1 saturated heterocycles. The topological polar surface area (TPSA) is 56.4 Å². The van der Waals surface area contributed by atoms with E-state index in [0.717, 1.165) is 19.6 Å². The first-order valence-corrected chi connectivity index (χ1v) is 3.74. The van der Waals surface area contributed by atoms with Crippen LogP contribution in [0.2, 0.25) is 0 Å². The third-order valence-electron chi connectivity index (χ3n) is 1.84. The Kier molecular flexibility index (Phi) is 1.54. The lowest BCUT2D eigenvalue weighted by Gasteiger charge is -2.00. The van der Waals surface area contributed by atoms with Crippen molar-refractivity contribution in [1.29, 1.82) is 0 Å². The number of rotatable bonds is 3. The Morgan fingerprint density at radius 3 is 3.18 bits per heavy atom. The molecule has 0 aliphatic carbocycles. The van der Waals surface area contributed by atoms with Crippen LogP contribution < -0.4 is 5.73 Å². The van der Waals surface area contributed by atoms with Gasteiger partial charge in [-0.3, -0.25) is 0 Å². The zero-order chi connectivity index (χ0) is 7.68. The van der Waals surface area contributed by atoms with E-state index in [0.29, 0.717) is 12.1 Å². The minimum atomic E-state index is 0.469. The van der Waals surface area contributed by atoms with E-state index in [1.54, 1.807) is 6.20 Å². The van der Waals surface area contributed by atoms with Gasteiger partial charge < -0.3 is 15.0 Å². The standard InChI is InChI=1S/C7H11N3O/c8-7-9-2-4-10(7)3-1-6-5-11-6/h2,4,6H,1,3,5H2,(H2,8,9). The normalized spacial score (nSPS) is 22.0. The minimum Gasteiger partial charge on any atom is -0.373 e. The monoisotopic (exact) mass is 153 g/mol. The first-order chi connectivity index (χ1) is 5.36. The number of imidazole rings is 1. The fourth-order valence-corrected chi connectivity index (χ4v) is 1.05. The van der Waals surface area contributed by atoms with Crippen molar-refractivity contribution >= 4 is 5.95 Å². The van der Waals surface area contributed by atoms with E-state index in [1.165, 1.54) is 0 Å². The first kappa shape index (κ1) is 6.67. The van der Waals surface area contributed by atoms with Gasteiger partial charge in [0.05, 0.1) is 12.7 Å². The van der Waals surface area contributed by atoms with E-state index >= 15 is 0 Å². The molecule has 1 unspecified atom stereocenters. The van der Waals surface area contributed by atoms with E-state index in [1.807, 2.05) is 10.8 Å². The second-order valence-electron chi connectivity index (χ2n) is 2.72. The van der Waals surface area contributed by atoms with Crippen molar-refractivity contribution in [1.82, 2.24) is 9.55 Å². The summed E-state index contributed by atoms with van der Waals surface area (Å²) >= 11 is 0. The van der Waals surface area contributed by atoms with Gasteiger partial charge in [-0.2, -0.15) is 0 Å². The van der Waals surface area contributed by atoms with E-state index in [-0.39, 0.29) is 0 Å². The molecule has 0 radical (unpaired) electrons. The van der Waals surface area contributed by atoms with Gasteiger partial charge in [0.2, 0.25) is 0 Å². The highest BCUT2D eigenvalue weighted by atomic mass is 16.6. The number of nitrogen functional groups attached to an aromatic ring is 1. The molecule has 0 bridgehead atoms. The number of anilines is 1. The number of nitrogens with two attached hydrogens (primary N) is 1. The van der Waals surface area contributed by atoms with Crippen LogP contribution in [0.1, 0.15) is 6.42 Å². The summed E-state index contributed by atoms with van der Waals surface area (Å²) in [5, 5.41) is 0. The summed E-state index contributed by atoms with van der Waals surface area (Å²) in [5.74, 6) is 0.589. The van der Waals surface area contributed by atoms with Crippen LogP contribution in [0.3, 0.4) is 0 Å². The van der Waals surface area contributed by atoms with Crippen molar-refractivity contribution in [3.8, 4) is 0 Å². The number of hydrogen-bond donors (Lipinski definition) is 1. The van der Waals surface area contributed by atoms with Gasteiger partial charge in [-0.05, 0) is 6.42 Å². The molecule has 11 heavy (non-hydrogen) atoms. The molecule has 2 rings (SSSR count). The van der Waals surface area contributed by atoms with Gasteiger partial charge in [0.1, 0.15) is 0 Å². The summed E-state index contributed by atoms with van der Waals surface area (Å²) in [6, 6.07) is 0. The molecule has 1 aromatic rings. The molecule has 2 heterocycles. The maximum absolute atomic E-state index is 5.56. The second-order valence-corrected chi connectivity index (χ2v) is 2.72. The Balaban J connectivity index is 1.89. The third kappa shape index (κ3) is 1.51. The number of aromatic nitrogens is 2. The number of ether oxygens (including phenoxy) is 1. The molecule has 0 saturated carbocycles. The van der Waals surface area contributed by atoms with Crippen molar-refractivity contribution in [2.45, 2.75) is 19.1 Å². The summed E-state index contributed by atoms with van der Waals surface area (Å²) < 4.78 is 7.00. The maximum Gasteiger partial charge on any atom is 0.200 e. The Hall–Kier alpha value is -1.03. The fourth-order valence-electron chi connectivity index (χ4n) is 1.05. The van der Waals surface area contributed by atoms with Crippen LogP contribution in [0.15, 0.2) is 12.4 Å². The van der Waals surface area contributed by atoms with Crippen molar-refractivity contribution in [3.63, 3.8) is 0 Å². The third-order valence-corrected chi connectivity index (χ3v) is 1.84. The molecule has 60 valence electrons. The Bertz CT molecular complexity index is 242. The molecule has 1 aliphatic rings. The summed E-state index contributed by atoms with van der Waals surface area (Å²) in [6.45, 7) is 1.82. The Labute approximate surface area is 65.0 Å². The predicted octanol–water partition coefficient (Wildman–Crippen LogP) is 0.254. The molecule has 1 aliphatic heterocycles. The van der Waals surface area contributed by atoms with E-state index < -0.39 is 0 Å². The van der Waals surface area contributed by atoms with Crippen LogP contribution >= 0.6 is 0 Å². The van der Waals surface area contributed by atoms with Crippen molar-refractivity contribution in [3.05, 3.63) is 12.4 Å². The van der Waals surface area contributed by atoms with E-state index in [4.69, 9.17) is 10.5 Å². The van der Waals surface area contributed by atoms with Gasteiger partial charge in [0.15, 0.2) is 5.95 Å². The zero-order valence-corrected chi connectivity index (χ0v) is 6.23. The smallest absolute Gasteiger partial charge is 0.200 e. The Morgan fingerprint density at radius 2 is 2.64 bits per heavy atom. The van der Waals surface area contributed by atoms with Gasteiger partial charge in [0.25, 0.3) is 0 Å². The van der Waals surface area contributed by atoms with Gasteiger partial charge in [-0.25, -0.2) is 4.98 Å². The fraction of sp³-hybridized carbons (Fsp3) is 0.571. The lowest BCUT2D eigenvalue weighted by Crippen LogP contribution is -2.04. The maximum atomic E-state index is 5.56. The molecule has 0 amide bonds. The highest BCUT2D eigenvalue weighted by molar-refractivity contribution is 5.16. The van der Waals surface area contributed by atoms with Gasteiger partial charge in [-0.15, -0.1) is 0 Å². The first-order valence-electron chi connectivity index (χ1n) is 3.74. The lowest BCUT2D eigenvalue weighted by atomic mass is 10.3. The highest BCUT2D eigenvalue weighted by Gasteiger charge is 2.21. The molecule has 1 atom stereocenters. The zero-order valence-electron chi connectivity index (χ0n) is 6.23. The average Bonchev–Trinajstić information content (AvgIpc) is 2.73. The molecular weight excluding hydrogens is 142 g/mol. The van der Waals surface area contributed by atoms with Crippen LogP contribution in [0.25, 0.3) is 0 Å². The van der Waals surface area contributed by atoms with E-state index in [2.05, 4.69) is 4.98 Å².